The minimum absolute atomic E-state index is 0.331. The first-order chi connectivity index (χ1) is 9.43. The first kappa shape index (κ1) is 15.3. The molecule has 104 valence electrons. The summed E-state index contributed by atoms with van der Waals surface area (Å²) in [7, 11) is 0. The number of carbonyl (C=O) groups is 2. The standard InChI is InChI=1S/C7H4F2O2.C7H6O2/c8-5-3-1-2-4(6(5)9)7(10)11;8-7(9)6-4-2-1-3-5-6/h1-3H,(H,10,11);1-5H,(H,8,9). The van der Waals surface area contributed by atoms with Gasteiger partial charge in [0.1, 0.15) is 0 Å². The van der Waals surface area contributed by atoms with Crippen molar-refractivity contribution in [2.45, 2.75) is 0 Å². The summed E-state index contributed by atoms with van der Waals surface area (Å²) in [6.07, 6.45) is 0. The maximum atomic E-state index is 12.5. The van der Waals surface area contributed by atoms with E-state index in [4.69, 9.17) is 10.2 Å². The molecule has 0 unspecified atom stereocenters. The number of hydrogen-bond donors (Lipinski definition) is 2. The second kappa shape index (κ2) is 6.98. The summed E-state index contributed by atoms with van der Waals surface area (Å²) >= 11 is 0. The predicted molar refractivity (Wildman–Crippen MR) is 66.7 cm³/mol. The van der Waals surface area contributed by atoms with Gasteiger partial charge in [0.05, 0.1) is 11.1 Å². The maximum Gasteiger partial charge on any atom is 0.338 e. The molecule has 0 aliphatic rings. The molecule has 0 heterocycles. The lowest BCUT2D eigenvalue weighted by Gasteiger charge is -1.95. The molecule has 4 nitrogen and oxygen atoms in total. The van der Waals surface area contributed by atoms with Gasteiger partial charge in [-0.25, -0.2) is 18.4 Å². The lowest BCUT2D eigenvalue weighted by molar-refractivity contribution is 0.0682. The number of hydrogen-bond acceptors (Lipinski definition) is 2. The smallest absolute Gasteiger partial charge is 0.338 e. The van der Waals surface area contributed by atoms with Gasteiger partial charge in [-0.05, 0) is 24.3 Å². The van der Waals surface area contributed by atoms with E-state index in [2.05, 4.69) is 0 Å². The van der Waals surface area contributed by atoms with Gasteiger partial charge in [-0.15, -0.1) is 0 Å². The summed E-state index contributed by atoms with van der Waals surface area (Å²) in [5.41, 5.74) is -0.317. The highest BCUT2D eigenvalue weighted by atomic mass is 19.2. The summed E-state index contributed by atoms with van der Waals surface area (Å²) < 4.78 is 24.8. The lowest BCUT2D eigenvalue weighted by Crippen LogP contribution is -2.01. The fraction of sp³-hybridized carbons (Fsp3) is 0. The van der Waals surface area contributed by atoms with E-state index in [9.17, 15) is 18.4 Å². The zero-order valence-corrected chi connectivity index (χ0v) is 10.1. The Labute approximate surface area is 112 Å². The van der Waals surface area contributed by atoms with Crippen molar-refractivity contribution in [3.05, 3.63) is 71.3 Å². The second-order valence-corrected chi connectivity index (χ2v) is 3.58. The van der Waals surface area contributed by atoms with Crippen molar-refractivity contribution in [2.24, 2.45) is 0 Å². The van der Waals surface area contributed by atoms with Crippen molar-refractivity contribution in [1.29, 1.82) is 0 Å². The maximum absolute atomic E-state index is 12.5. The molecule has 0 aliphatic heterocycles. The highest BCUT2D eigenvalue weighted by Gasteiger charge is 2.12. The van der Waals surface area contributed by atoms with Crippen LogP contribution in [0.5, 0.6) is 0 Å². The van der Waals surface area contributed by atoms with Crippen LogP contribution >= 0.6 is 0 Å². The second-order valence-electron chi connectivity index (χ2n) is 3.58. The fourth-order valence-electron chi connectivity index (χ4n) is 1.25. The molecule has 0 bridgehead atoms. The molecule has 0 saturated heterocycles. The van der Waals surface area contributed by atoms with Gasteiger partial charge in [0.2, 0.25) is 0 Å². The van der Waals surface area contributed by atoms with Crippen LogP contribution in [0, 0.1) is 11.6 Å². The largest absolute Gasteiger partial charge is 0.478 e. The topological polar surface area (TPSA) is 74.6 Å². The van der Waals surface area contributed by atoms with Gasteiger partial charge in [0, 0.05) is 0 Å². The Balaban J connectivity index is 0.000000204. The van der Waals surface area contributed by atoms with Gasteiger partial charge >= 0.3 is 11.9 Å². The Kier molecular flexibility index (Phi) is 5.34. The highest BCUT2D eigenvalue weighted by molar-refractivity contribution is 5.88. The van der Waals surface area contributed by atoms with E-state index < -0.39 is 29.1 Å². The molecule has 0 atom stereocenters. The Morgan fingerprint density at radius 1 is 0.800 bits per heavy atom. The van der Waals surface area contributed by atoms with E-state index in [0.717, 1.165) is 18.2 Å². The summed E-state index contributed by atoms with van der Waals surface area (Å²) in [5.74, 6) is -4.82. The highest BCUT2D eigenvalue weighted by Crippen LogP contribution is 2.10. The Morgan fingerprint density at radius 2 is 1.40 bits per heavy atom. The van der Waals surface area contributed by atoms with E-state index in [1.165, 1.54) is 0 Å². The molecular formula is C14H10F2O4. The van der Waals surface area contributed by atoms with Crippen LogP contribution in [0.25, 0.3) is 0 Å². The monoisotopic (exact) mass is 280 g/mol. The van der Waals surface area contributed by atoms with Crippen LogP contribution in [-0.4, -0.2) is 22.2 Å². The van der Waals surface area contributed by atoms with Gasteiger partial charge in [-0.2, -0.15) is 0 Å². The lowest BCUT2D eigenvalue weighted by atomic mass is 10.2. The normalized spacial score (nSPS) is 9.30. The predicted octanol–water partition coefficient (Wildman–Crippen LogP) is 3.05. The van der Waals surface area contributed by atoms with E-state index in [1.54, 1.807) is 30.3 Å². The number of benzene rings is 2. The van der Waals surface area contributed by atoms with Crippen molar-refractivity contribution in [2.75, 3.05) is 0 Å². The number of carboxylic acids is 2. The summed E-state index contributed by atoms with van der Waals surface area (Å²) in [5, 5.41) is 16.7. The number of aromatic carboxylic acids is 2. The molecule has 0 aliphatic carbocycles. The summed E-state index contributed by atoms with van der Waals surface area (Å²) in [4.78, 5) is 20.4. The van der Waals surface area contributed by atoms with E-state index >= 15 is 0 Å². The van der Waals surface area contributed by atoms with Gasteiger partial charge in [0.15, 0.2) is 11.6 Å². The summed E-state index contributed by atoms with van der Waals surface area (Å²) in [6, 6.07) is 11.3. The van der Waals surface area contributed by atoms with Crippen molar-refractivity contribution in [3.63, 3.8) is 0 Å². The van der Waals surface area contributed by atoms with E-state index in [-0.39, 0.29) is 0 Å². The average molecular weight is 280 g/mol. The van der Waals surface area contributed by atoms with Crippen LogP contribution in [0.3, 0.4) is 0 Å². The van der Waals surface area contributed by atoms with Crippen LogP contribution in [0.2, 0.25) is 0 Å². The van der Waals surface area contributed by atoms with Crippen LogP contribution in [-0.2, 0) is 0 Å². The van der Waals surface area contributed by atoms with Crippen molar-refractivity contribution < 1.29 is 28.6 Å². The summed E-state index contributed by atoms with van der Waals surface area (Å²) in [6.45, 7) is 0. The Morgan fingerprint density at radius 3 is 1.80 bits per heavy atom. The van der Waals surface area contributed by atoms with Crippen molar-refractivity contribution >= 4 is 11.9 Å². The molecule has 2 N–H and O–H groups in total. The van der Waals surface area contributed by atoms with Crippen LogP contribution in [0.1, 0.15) is 20.7 Å². The minimum Gasteiger partial charge on any atom is -0.478 e. The van der Waals surface area contributed by atoms with Gasteiger partial charge in [0.25, 0.3) is 0 Å². The molecule has 0 radical (unpaired) electrons. The van der Waals surface area contributed by atoms with Gasteiger partial charge in [-0.3, -0.25) is 0 Å². The molecule has 2 aromatic rings. The molecular weight excluding hydrogens is 270 g/mol. The molecule has 0 spiro atoms. The van der Waals surface area contributed by atoms with E-state index in [0.29, 0.717) is 5.56 Å². The van der Waals surface area contributed by atoms with Crippen LogP contribution in [0.15, 0.2) is 48.5 Å². The first-order valence-electron chi connectivity index (χ1n) is 5.39. The Bertz CT molecular complexity index is 612. The molecule has 20 heavy (non-hydrogen) atoms. The number of carboxylic acid groups (broad SMARTS) is 2. The third-order valence-electron chi connectivity index (χ3n) is 2.20. The Hall–Kier alpha value is -2.76. The first-order valence-corrected chi connectivity index (χ1v) is 5.39. The minimum atomic E-state index is -1.47. The zero-order valence-electron chi connectivity index (χ0n) is 10.1. The average Bonchev–Trinajstić information content (AvgIpc) is 2.43. The molecule has 2 rings (SSSR count). The van der Waals surface area contributed by atoms with Gasteiger partial charge < -0.3 is 10.2 Å². The SMILES string of the molecule is O=C(O)c1cccc(F)c1F.O=C(O)c1ccccc1. The van der Waals surface area contributed by atoms with Crippen molar-refractivity contribution in [1.82, 2.24) is 0 Å². The van der Waals surface area contributed by atoms with Crippen molar-refractivity contribution in [3.8, 4) is 0 Å². The third kappa shape index (κ3) is 4.16. The van der Waals surface area contributed by atoms with Crippen LogP contribution in [0.4, 0.5) is 8.78 Å². The number of halogens is 2. The molecule has 0 aromatic heterocycles. The molecule has 2 aromatic carbocycles. The molecule has 6 heteroatoms. The quantitative estimate of drug-likeness (QED) is 0.886. The molecule has 0 amide bonds. The third-order valence-corrected chi connectivity index (χ3v) is 2.20. The zero-order chi connectivity index (χ0) is 15.1. The molecule has 0 saturated carbocycles. The van der Waals surface area contributed by atoms with Gasteiger partial charge in [-0.1, -0.05) is 24.3 Å². The van der Waals surface area contributed by atoms with Crippen LogP contribution < -0.4 is 0 Å². The molecule has 0 fully saturated rings. The van der Waals surface area contributed by atoms with E-state index in [1.807, 2.05) is 0 Å². The number of rotatable bonds is 2. The fourth-order valence-corrected chi connectivity index (χ4v) is 1.25.